The number of methoxy groups -OCH3 is 1. The molecule has 126 valence electrons. The van der Waals surface area contributed by atoms with Crippen LogP contribution in [0.3, 0.4) is 0 Å². The molecule has 1 saturated heterocycles. The van der Waals surface area contributed by atoms with Crippen molar-refractivity contribution in [3.05, 3.63) is 64.7 Å². The Hall–Kier alpha value is -1.98. The topological polar surface area (TPSA) is 42.4 Å². The minimum Gasteiger partial charge on any atom is -0.384 e. The van der Waals surface area contributed by atoms with Gasteiger partial charge in [0.25, 0.3) is 5.91 Å². The number of rotatable bonds is 4. The van der Waals surface area contributed by atoms with Gasteiger partial charge < -0.3 is 9.64 Å². The first-order chi connectivity index (χ1) is 11.6. The molecular weight excluding hydrogens is 331 g/mol. The fourth-order valence-electron chi connectivity index (χ4n) is 3.24. The molecule has 2 aromatic rings. The minimum atomic E-state index is -0.471. The third-order valence-corrected chi connectivity index (χ3v) is 4.73. The maximum atomic E-state index is 13.5. The van der Waals surface area contributed by atoms with E-state index in [9.17, 15) is 9.18 Å². The lowest BCUT2D eigenvalue weighted by Gasteiger charge is -2.17. The Kier molecular flexibility index (Phi) is 5.11. The molecule has 1 aliphatic rings. The molecule has 1 aromatic heterocycles. The summed E-state index contributed by atoms with van der Waals surface area (Å²) >= 11 is 6.07. The van der Waals surface area contributed by atoms with Crippen molar-refractivity contribution in [2.75, 3.05) is 26.8 Å². The predicted octanol–water partition coefficient (Wildman–Crippen LogP) is 3.38. The molecule has 0 bridgehead atoms. The van der Waals surface area contributed by atoms with E-state index in [1.165, 1.54) is 18.2 Å². The smallest absolute Gasteiger partial charge is 0.255 e. The van der Waals surface area contributed by atoms with E-state index in [4.69, 9.17) is 16.3 Å². The van der Waals surface area contributed by atoms with Gasteiger partial charge in [0, 0.05) is 44.4 Å². The summed E-state index contributed by atoms with van der Waals surface area (Å²) in [5.41, 5.74) is 1.32. The second-order valence-electron chi connectivity index (χ2n) is 5.94. The number of likely N-dealkylation sites (tertiary alicyclic amines) is 1. The molecule has 1 amide bonds. The SMILES string of the molecule is COC[C@@H]1CN(C(=O)c2cc(F)ccc2Cl)C[C@H]1c1ccncc1. The average molecular weight is 349 g/mol. The molecule has 0 aliphatic carbocycles. The monoisotopic (exact) mass is 348 g/mol. The number of amides is 1. The lowest BCUT2D eigenvalue weighted by Crippen LogP contribution is -2.29. The van der Waals surface area contributed by atoms with Crippen molar-refractivity contribution in [1.82, 2.24) is 9.88 Å². The predicted molar refractivity (Wildman–Crippen MR) is 89.7 cm³/mol. The molecule has 4 nitrogen and oxygen atoms in total. The summed E-state index contributed by atoms with van der Waals surface area (Å²) in [5, 5.41) is 0.261. The van der Waals surface area contributed by atoms with Crippen LogP contribution in [-0.2, 0) is 4.74 Å². The molecule has 3 rings (SSSR count). The van der Waals surface area contributed by atoms with Crippen molar-refractivity contribution in [3.63, 3.8) is 0 Å². The molecule has 1 aliphatic heterocycles. The standard InChI is InChI=1S/C18H18ClFN2O2/c1-24-11-13-9-22(10-16(13)12-4-6-21-7-5-12)18(23)15-8-14(20)2-3-17(15)19/h2-8,13,16H,9-11H2,1H3/t13-,16-/m0/s1. The third kappa shape index (κ3) is 3.42. The molecule has 2 atom stereocenters. The third-order valence-electron chi connectivity index (χ3n) is 4.40. The van der Waals surface area contributed by atoms with Crippen molar-refractivity contribution < 1.29 is 13.9 Å². The molecule has 2 heterocycles. The molecule has 1 fully saturated rings. The Morgan fingerprint density at radius 1 is 1.33 bits per heavy atom. The molecule has 0 spiro atoms. The van der Waals surface area contributed by atoms with Crippen LogP contribution in [0.2, 0.25) is 5.02 Å². The van der Waals surface area contributed by atoms with Crippen LogP contribution in [0.15, 0.2) is 42.7 Å². The first-order valence-electron chi connectivity index (χ1n) is 7.73. The Bertz CT molecular complexity index is 726. The summed E-state index contributed by atoms with van der Waals surface area (Å²) < 4.78 is 18.8. The molecule has 0 saturated carbocycles. The molecule has 0 N–H and O–H groups in total. The first kappa shape index (κ1) is 16.9. The Morgan fingerprint density at radius 3 is 2.79 bits per heavy atom. The van der Waals surface area contributed by atoms with Crippen LogP contribution in [0.4, 0.5) is 4.39 Å². The van der Waals surface area contributed by atoms with Gasteiger partial charge >= 0.3 is 0 Å². The van der Waals surface area contributed by atoms with Crippen molar-refractivity contribution in [1.29, 1.82) is 0 Å². The van der Waals surface area contributed by atoms with Crippen LogP contribution in [0.25, 0.3) is 0 Å². The number of ether oxygens (including phenoxy) is 1. The van der Waals surface area contributed by atoms with Gasteiger partial charge in [-0.2, -0.15) is 0 Å². The van der Waals surface area contributed by atoms with E-state index in [1.807, 2.05) is 12.1 Å². The van der Waals surface area contributed by atoms with Crippen LogP contribution in [0.1, 0.15) is 21.8 Å². The van der Waals surface area contributed by atoms with Gasteiger partial charge in [0.1, 0.15) is 5.82 Å². The van der Waals surface area contributed by atoms with E-state index < -0.39 is 5.82 Å². The van der Waals surface area contributed by atoms with E-state index in [0.29, 0.717) is 19.7 Å². The van der Waals surface area contributed by atoms with Crippen molar-refractivity contribution in [2.45, 2.75) is 5.92 Å². The maximum absolute atomic E-state index is 13.5. The fraction of sp³-hybridized carbons (Fsp3) is 0.333. The molecular formula is C18H18ClFN2O2. The number of carbonyl (C=O) groups excluding carboxylic acids is 1. The fourth-order valence-corrected chi connectivity index (χ4v) is 3.44. The lowest BCUT2D eigenvalue weighted by atomic mass is 9.90. The number of carbonyl (C=O) groups is 1. The molecule has 1 aromatic carbocycles. The molecule has 24 heavy (non-hydrogen) atoms. The van der Waals surface area contributed by atoms with Crippen LogP contribution in [-0.4, -0.2) is 42.6 Å². The summed E-state index contributed by atoms with van der Waals surface area (Å²) in [6.45, 7) is 1.64. The van der Waals surface area contributed by atoms with Gasteiger partial charge in [0.2, 0.25) is 0 Å². The van der Waals surface area contributed by atoms with Crippen LogP contribution >= 0.6 is 11.6 Å². The summed E-state index contributed by atoms with van der Waals surface area (Å²) in [5.74, 6) is -0.392. The zero-order chi connectivity index (χ0) is 17.1. The molecule has 0 unspecified atom stereocenters. The molecule has 0 radical (unpaired) electrons. The number of pyridine rings is 1. The highest BCUT2D eigenvalue weighted by Gasteiger charge is 2.36. The maximum Gasteiger partial charge on any atom is 0.255 e. The Morgan fingerprint density at radius 2 is 2.08 bits per heavy atom. The second-order valence-corrected chi connectivity index (χ2v) is 6.34. The van der Waals surface area contributed by atoms with Crippen LogP contribution in [0.5, 0.6) is 0 Å². The number of nitrogens with zero attached hydrogens (tertiary/aromatic N) is 2. The van der Waals surface area contributed by atoms with Gasteiger partial charge in [-0.3, -0.25) is 9.78 Å². The lowest BCUT2D eigenvalue weighted by molar-refractivity contribution is 0.0775. The van der Waals surface area contributed by atoms with Crippen molar-refractivity contribution >= 4 is 17.5 Å². The van der Waals surface area contributed by atoms with Crippen molar-refractivity contribution in [2.24, 2.45) is 5.92 Å². The zero-order valence-corrected chi connectivity index (χ0v) is 14.0. The quantitative estimate of drug-likeness (QED) is 0.850. The number of halogens is 2. The zero-order valence-electron chi connectivity index (χ0n) is 13.3. The summed E-state index contributed by atoms with van der Waals surface area (Å²) in [6.07, 6.45) is 3.49. The van der Waals surface area contributed by atoms with Gasteiger partial charge in [-0.05, 0) is 35.9 Å². The van der Waals surface area contributed by atoms with Crippen molar-refractivity contribution in [3.8, 4) is 0 Å². The van der Waals surface area contributed by atoms with E-state index in [2.05, 4.69) is 4.98 Å². The van der Waals surface area contributed by atoms with Gasteiger partial charge in [0.05, 0.1) is 17.2 Å². The van der Waals surface area contributed by atoms with E-state index in [-0.39, 0.29) is 28.3 Å². The second kappa shape index (κ2) is 7.28. The summed E-state index contributed by atoms with van der Waals surface area (Å²) in [6, 6.07) is 7.76. The minimum absolute atomic E-state index is 0.157. The number of aromatic nitrogens is 1. The summed E-state index contributed by atoms with van der Waals surface area (Å²) in [7, 11) is 1.65. The van der Waals surface area contributed by atoms with Crippen LogP contribution in [0, 0.1) is 11.7 Å². The highest BCUT2D eigenvalue weighted by Crippen LogP contribution is 2.34. The van der Waals surface area contributed by atoms with Gasteiger partial charge in [-0.15, -0.1) is 0 Å². The average Bonchev–Trinajstić information content (AvgIpc) is 3.01. The number of benzene rings is 1. The van der Waals surface area contributed by atoms with E-state index >= 15 is 0 Å². The van der Waals surface area contributed by atoms with E-state index in [0.717, 1.165) is 5.56 Å². The first-order valence-corrected chi connectivity index (χ1v) is 8.11. The summed E-state index contributed by atoms with van der Waals surface area (Å²) in [4.78, 5) is 18.5. The van der Waals surface area contributed by atoms with Gasteiger partial charge in [0.15, 0.2) is 0 Å². The molecule has 6 heteroatoms. The Balaban J connectivity index is 1.85. The number of hydrogen-bond acceptors (Lipinski definition) is 3. The normalized spacial score (nSPS) is 20.4. The van der Waals surface area contributed by atoms with E-state index in [1.54, 1.807) is 24.4 Å². The highest BCUT2D eigenvalue weighted by atomic mass is 35.5. The van der Waals surface area contributed by atoms with Gasteiger partial charge in [-0.25, -0.2) is 4.39 Å². The Labute approximate surface area is 145 Å². The van der Waals surface area contributed by atoms with Gasteiger partial charge in [-0.1, -0.05) is 11.6 Å². The largest absolute Gasteiger partial charge is 0.384 e. The number of hydrogen-bond donors (Lipinski definition) is 0. The van der Waals surface area contributed by atoms with Crippen LogP contribution < -0.4 is 0 Å². The highest BCUT2D eigenvalue weighted by molar-refractivity contribution is 6.33.